The molecule has 5 N–H and O–H groups in total. The highest BCUT2D eigenvalue weighted by atomic mass is 19.1. The first-order valence-corrected chi connectivity index (χ1v) is 5.23. The predicted molar refractivity (Wildman–Crippen MR) is 60.0 cm³/mol. The van der Waals surface area contributed by atoms with Crippen molar-refractivity contribution >= 4 is 0 Å². The zero-order valence-corrected chi connectivity index (χ0v) is 9.05. The molecule has 0 saturated heterocycles. The van der Waals surface area contributed by atoms with Gasteiger partial charge in [0, 0.05) is 19.1 Å². The summed E-state index contributed by atoms with van der Waals surface area (Å²) < 4.78 is 26.0. The molecule has 0 radical (unpaired) electrons. The summed E-state index contributed by atoms with van der Waals surface area (Å²) in [7, 11) is 0. The summed E-state index contributed by atoms with van der Waals surface area (Å²) in [6, 6.07) is 3.35. The van der Waals surface area contributed by atoms with Gasteiger partial charge in [0.25, 0.3) is 0 Å². The summed E-state index contributed by atoms with van der Waals surface area (Å²) >= 11 is 0. The molecule has 1 atom stereocenters. The Morgan fingerprint density at radius 2 is 2.06 bits per heavy atom. The van der Waals surface area contributed by atoms with E-state index in [2.05, 4.69) is 5.32 Å². The first-order valence-electron chi connectivity index (χ1n) is 5.23. The molecule has 0 heterocycles. The summed E-state index contributed by atoms with van der Waals surface area (Å²) in [6.45, 7) is 1.53. The average Bonchev–Trinajstić information content (AvgIpc) is 2.28. The van der Waals surface area contributed by atoms with Gasteiger partial charge in [-0.3, -0.25) is 0 Å². The third-order valence-electron chi connectivity index (χ3n) is 2.29. The minimum absolute atomic E-state index is 0.0997. The maximum Gasteiger partial charge on any atom is 0.126 e. The van der Waals surface area contributed by atoms with Crippen molar-refractivity contribution in [2.45, 2.75) is 12.5 Å². The second kappa shape index (κ2) is 6.52. The van der Waals surface area contributed by atoms with Crippen LogP contribution in [0.25, 0.3) is 0 Å². The van der Waals surface area contributed by atoms with E-state index in [0.717, 1.165) is 12.1 Å². The van der Waals surface area contributed by atoms with E-state index >= 15 is 0 Å². The van der Waals surface area contributed by atoms with Crippen molar-refractivity contribution in [1.82, 2.24) is 5.32 Å². The van der Waals surface area contributed by atoms with Crippen LogP contribution in [0.4, 0.5) is 8.78 Å². The molecule has 1 unspecified atom stereocenters. The van der Waals surface area contributed by atoms with Crippen LogP contribution in [0, 0.1) is 11.6 Å². The van der Waals surface area contributed by atoms with Gasteiger partial charge in [-0.25, -0.2) is 8.78 Å². The van der Waals surface area contributed by atoms with E-state index < -0.39 is 5.82 Å². The van der Waals surface area contributed by atoms with Gasteiger partial charge in [-0.15, -0.1) is 0 Å². The fourth-order valence-corrected chi connectivity index (χ4v) is 1.33. The smallest absolute Gasteiger partial charge is 0.126 e. The Balaban J connectivity index is 2.34. The third-order valence-corrected chi connectivity index (χ3v) is 2.29. The summed E-state index contributed by atoms with van der Waals surface area (Å²) in [4.78, 5) is 0. The summed E-state index contributed by atoms with van der Waals surface area (Å²) in [5, 5.41) is 3.04. The molecule has 0 aliphatic heterocycles. The Kier molecular flexibility index (Phi) is 5.31. The van der Waals surface area contributed by atoms with Crippen LogP contribution in [-0.4, -0.2) is 25.7 Å². The van der Waals surface area contributed by atoms with Gasteiger partial charge in [0.15, 0.2) is 0 Å². The molecule has 0 aliphatic carbocycles. The number of nitrogens with two attached hydrogens (primary N) is 2. The quantitative estimate of drug-likeness (QED) is 0.618. The first kappa shape index (κ1) is 13.0. The van der Waals surface area contributed by atoms with Crippen LogP contribution < -0.4 is 16.8 Å². The van der Waals surface area contributed by atoms with Crippen LogP contribution in [-0.2, 0) is 6.42 Å². The summed E-state index contributed by atoms with van der Waals surface area (Å²) in [5.74, 6) is -0.804. The lowest BCUT2D eigenvalue weighted by molar-refractivity contribution is 0.560. The topological polar surface area (TPSA) is 64.1 Å². The normalized spacial score (nSPS) is 12.8. The molecule has 0 saturated carbocycles. The van der Waals surface area contributed by atoms with Gasteiger partial charge >= 0.3 is 0 Å². The number of hydrogen-bond donors (Lipinski definition) is 3. The second-order valence-corrected chi connectivity index (χ2v) is 3.69. The van der Waals surface area contributed by atoms with Crippen LogP contribution in [0.15, 0.2) is 18.2 Å². The number of hydrogen-bond acceptors (Lipinski definition) is 3. The predicted octanol–water partition coefficient (Wildman–Crippen LogP) is 0.383. The standard InChI is InChI=1S/C11H17F2N3/c12-9-1-2-11(13)8(5-9)3-4-16-7-10(15)6-14/h1-2,5,10,16H,3-4,6-7,14-15H2. The zero-order chi connectivity index (χ0) is 12.0. The molecule has 0 amide bonds. The van der Waals surface area contributed by atoms with Crippen molar-refractivity contribution < 1.29 is 8.78 Å². The molecule has 3 nitrogen and oxygen atoms in total. The monoisotopic (exact) mass is 229 g/mol. The highest BCUT2D eigenvalue weighted by molar-refractivity contribution is 5.18. The molecule has 90 valence electrons. The molecule has 16 heavy (non-hydrogen) atoms. The van der Waals surface area contributed by atoms with Crippen LogP contribution in [0.3, 0.4) is 0 Å². The lowest BCUT2D eigenvalue weighted by Crippen LogP contribution is -2.40. The van der Waals surface area contributed by atoms with Crippen molar-refractivity contribution in [3.8, 4) is 0 Å². The van der Waals surface area contributed by atoms with E-state index in [-0.39, 0.29) is 11.9 Å². The van der Waals surface area contributed by atoms with Gasteiger partial charge < -0.3 is 16.8 Å². The van der Waals surface area contributed by atoms with Crippen molar-refractivity contribution in [3.05, 3.63) is 35.4 Å². The molecular weight excluding hydrogens is 212 g/mol. The molecule has 1 aromatic rings. The van der Waals surface area contributed by atoms with Crippen LogP contribution in [0.2, 0.25) is 0 Å². The highest BCUT2D eigenvalue weighted by Crippen LogP contribution is 2.09. The van der Waals surface area contributed by atoms with E-state index in [1.54, 1.807) is 0 Å². The molecular formula is C11H17F2N3. The molecule has 0 spiro atoms. The van der Waals surface area contributed by atoms with Gasteiger partial charge in [0.2, 0.25) is 0 Å². The van der Waals surface area contributed by atoms with Crippen LogP contribution in [0.1, 0.15) is 5.56 Å². The van der Waals surface area contributed by atoms with Crippen LogP contribution in [0.5, 0.6) is 0 Å². The fraction of sp³-hybridized carbons (Fsp3) is 0.455. The van der Waals surface area contributed by atoms with Gasteiger partial charge in [0.1, 0.15) is 11.6 Å². The van der Waals surface area contributed by atoms with Crippen molar-refractivity contribution in [3.63, 3.8) is 0 Å². The van der Waals surface area contributed by atoms with Crippen molar-refractivity contribution in [2.75, 3.05) is 19.6 Å². The Morgan fingerprint density at radius 3 is 2.75 bits per heavy atom. The number of nitrogens with one attached hydrogen (secondary N) is 1. The lowest BCUT2D eigenvalue weighted by atomic mass is 10.1. The SMILES string of the molecule is NCC(N)CNCCc1cc(F)ccc1F. The van der Waals surface area contributed by atoms with E-state index in [0.29, 0.717) is 31.6 Å². The Labute approximate surface area is 93.8 Å². The molecule has 0 aromatic heterocycles. The lowest BCUT2D eigenvalue weighted by Gasteiger charge is -2.10. The molecule has 1 rings (SSSR count). The van der Waals surface area contributed by atoms with E-state index in [4.69, 9.17) is 11.5 Å². The number of halogens is 2. The first-order chi connectivity index (χ1) is 7.63. The molecule has 0 bridgehead atoms. The van der Waals surface area contributed by atoms with E-state index in [1.807, 2.05) is 0 Å². The summed E-state index contributed by atoms with van der Waals surface area (Å²) in [6.07, 6.45) is 0.431. The van der Waals surface area contributed by atoms with Gasteiger partial charge in [-0.2, -0.15) is 0 Å². The van der Waals surface area contributed by atoms with Crippen molar-refractivity contribution in [1.29, 1.82) is 0 Å². The third kappa shape index (κ3) is 4.22. The Morgan fingerprint density at radius 1 is 1.31 bits per heavy atom. The van der Waals surface area contributed by atoms with Crippen LogP contribution >= 0.6 is 0 Å². The molecule has 0 aliphatic rings. The van der Waals surface area contributed by atoms with E-state index in [9.17, 15) is 8.78 Å². The minimum atomic E-state index is -0.421. The van der Waals surface area contributed by atoms with Crippen molar-refractivity contribution in [2.24, 2.45) is 11.5 Å². The second-order valence-electron chi connectivity index (χ2n) is 3.69. The van der Waals surface area contributed by atoms with Gasteiger partial charge in [-0.05, 0) is 36.7 Å². The zero-order valence-electron chi connectivity index (χ0n) is 9.05. The largest absolute Gasteiger partial charge is 0.329 e. The average molecular weight is 229 g/mol. The fourth-order valence-electron chi connectivity index (χ4n) is 1.33. The molecule has 1 aromatic carbocycles. The Bertz CT molecular complexity index is 331. The maximum absolute atomic E-state index is 13.2. The molecule has 0 fully saturated rings. The highest BCUT2D eigenvalue weighted by Gasteiger charge is 2.04. The summed E-state index contributed by atoms with van der Waals surface area (Å²) in [5.41, 5.74) is 11.3. The molecule has 5 heteroatoms. The number of benzene rings is 1. The minimum Gasteiger partial charge on any atom is -0.329 e. The Hall–Kier alpha value is -1.04. The van der Waals surface area contributed by atoms with E-state index in [1.165, 1.54) is 6.07 Å². The van der Waals surface area contributed by atoms with Gasteiger partial charge in [-0.1, -0.05) is 0 Å². The maximum atomic E-state index is 13.2. The van der Waals surface area contributed by atoms with Gasteiger partial charge in [0.05, 0.1) is 0 Å². The number of rotatable bonds is 6.